The zero-order chi connectivity index (χ0) is 28.0. The molecule has 1 aromatic rings. The molecule has 3 rings (SSSR count). The van der Waals surface area contributed by atoms with Crippen molar-refractivity contribution in [2.45, 2.75) is 83.5 Å². The summed E-state index contributed by atoms with van der Waals surface area (Å²) in [6, 6.07) is 5.87. The molecule has 2 aliphatic heterocycles. The summed E-state index contributed by atoms with van der Waals surface area (Å²) in [5.74, 6) is 1.56. The Bertz CT molecular complexity index is 962. The summed E-state index contributed by atoms with van der Waals surface area (Å²) >= 11 is 0. The van der Waals surface area contributed by atoms with Crippen molar-refractivity contribution in [2.75, 3.05) is 26.2 Å². The fourth-order valence-electron chi connectivity index (χ4n) is 4.63. The highest BCUT2D eigenvalue weighted by atomic mass is 16.5. The Kier molecular flexibility index (Phi) is 13.0. The van der Waals surface area contributed by atoms with Crippen molar-refractivity contribution in [2.24, 2.45) is 16.6 Å². The number of aliphatic hydroxyl groups excluding tert-OH is 2. The van der Waals surface area contributed by atoms with E-state index in [1.54, 1.807) is 19.2 Å². The molecule has 0 saturated heterocycles. The van der Waals surface area contributed by atoms with E-state index in [1.165, 1.54) is 25.7 Å². The van der Waals surface area contributed by atoms with Crippen LogP contribution in [0, 0.1) is 18.4 Å². The first-order valence-corrected chi connectivity index (χ1v) is 14.4. The van der Waals surface area contributed by atoms with E-state index in [9.17, 15) is 15.3 Å². The van der Waals surface area contributed by atoms with Gasteiger partial charge in [0, 0.05) is 19.2 Å². The number of rotatable bonds is 19. The van der Waals surface area contributed by atoms with Crippen LogP contribution in [0.4, 0.5) is 0 Å². The van der Waals surface area contributed by atoms with Crippen molar-refractivity contribution >= 4 is 6.21 Å². The van der Waals surface area contributed by atoms with E-state index in [2.05, 4.69) is 29.7 Å². The summed E-state index contributed by atoms with van der Waals surface area (Å²) in [5, 5.41) is 33.5. The summed E-state index contributed by atoms with van der Waals surface area (Å²) in [6.07, 6.45) is 15.3. The molecular weight excluding hydrogens is 494 g/mol. The third kappa shape index (κ3) is 10.8. The molecule has 39 heavy (non-hydrogen) atoms. The van der Waals surface area contributed by atoms with Gasteiger partial charge in [0.05, 0.1) is 18.1 Å². The van der Waals surface area contributed by atoms with Crippen LogP contribution < -0.4 is 15.8 Å². The number of nitrogens with one attached hydrogen (secondary N) is 1. The molecule has 8 heteroatoms. The molecule has 2 aliphatic rings. The van der Waals surface area contributed by atoms with Gasteiger partial charge in [-0.15, -0.1) is 4.99 Å². The average molecular weight is 542 g/mol. The third-order valence-electron chi connectivity index (χ3n) is 7.05. The Balaban J connectivity index is 1.38. The fourth-order valence-corrected chi connectivity index (χ4v) is 4.63. The number of allylic oxidation sites excluding steroid dienone is 1. The zero-order valence-electron chi connectivity index (χ0n) is 23.5. The average Bonchev–Trinajstić information content (AvgIpc) is 3.59. The molecule has 4 atom stereocenters. The van der Waals surface area contributed by atoms with Crippen LogP contribution in [0.2, 0.25) is 0 Å². The summed E-state index contributed by atoms with van der Waals surface area (Å²) in [4.78, 5) is 4.35. The van der Waals surface area contributed by atoms with Crippen LogP contribution in [0.3, 0.4) is 0 Å². The summed E-state index contributed by atoms with van der Waals surface area (Å²) in [7, 11) is 0. The van der Waals surface area contributed by atoms with Crippen LogP contribution in [-0.2, 0) is 11.2 Å². The normalized spacial score (nSPS) is 18.8. The van der Waals surface area contributed by atoms with Gasteiger partial charge in [-0.2, -0.15) is 12.5 Å². The molecule has 0 radical (unpaired) electrons. The number of aliphatic hydroxyl groups is 2. The minimum absolute atomic E-state index is 0.0146. The first-order chi connectivity index (χ1) is 18.9. The van der Waals surface area contributed by atoms with Crippen LogP contribution >= 0.6 is 0 Å². The first-order valence-electron chi connectivity index (χ1n) is 14.4. The number of aromatic hydroxyl groups is 1. The predicted octanol–water partition coefficient (Wildman–Crippen LogP) is 4.00. The molecule has 0 saturated carbocycles. The number of unbranched alkanes of at least 4 members (excludes halogenated alkanes) is 4. The minimum Gasteiger partial charge on any atom is -0.592 e. The van der Waals surface area contributed by atoms with Gasteiger partial charge in [0.1, 0.15) is 12.2 Å². The van der Waals surface area contributed by atoms with Gasteiger partial charge in [0.15, 0.2) is 29.9 Å². The summed E-state index contributed by atoms with van der Waals surface area (Å²) in [6.45, 7) is 5.82. The number of hydrogen-bond donors (Lipinski definition) is 5. The maximum absolute atomic E-state index is 10.6. The van der Waals surface area contributed by atoms with Gasteiger partial charge in [-0.05, 0) is 57.4 Å². The maximum atomic E-state index is 10.6. The molecule has 0 bridgehead atoms. The molecule has 1 aromatic carbocycles. The lowest BCUT2D eigenvalue weighted by atomic mass is 10.0. The lowest BCUT2D eigenvalue weighted by Crippen LogP contribution is -2.29. The largest absolute Gasteiger partial charge is 0.592 e. The van der Waals surface area contributed by atoms with Gasteiger partial charge in [-0.3, -0.25) is 0 Å². The molecule has 0 aliphatic carbocycles. The van der Waals surface area contributed by atoms with E-state index in [-0.39, 0.29) is 24.4 Å². The van der Waals surface area contributed by atoms with Crippen LogP contribution in [0.25, 0.3) is 0 Å². The Morgan fingerprint density at radius 2 is 1.92 bits per heavy atom. The number of hydrogen-bond acceptors (Lipinski definition) is 8. The lowest BCUT2D eigenvalue weighted by molar-refractivity contribution is 0.120. The molecule has 0 amide bonds. The monoisotopic (exact) mass is 541 g/mol. The number of phenols is 1. The number of benzene rings is 1. The topological polar surface area (TPSA) is 130 Å². The highest BCUT2D eigenvalue weighted by molar-refractivity contribution is 5.84. The highest BCUT2D eigenvalue weighted by Crippen LogP contribution is 2.30. The van der Waals surface area contributed by atoms with Crippen LogP contribution in [0.1, 0.15) is 64.4 Å². The van der Waals surface area contributed by atoms with Crippen molar-refractivity contribution in [3.05, 3.63) is 59.7 Å². The van der Waals surface area contributed by atoms with Crippen molar-refractivity contribution < 1.29 is 24.8 Å². The smallest absolute Gasteiger partial charge is 0.181 e. The Labute approximate surface area is 234 Å². The molecule has 1 unspecified atom stereocenters. The van der Waals surface area contributed by atoms with E-state index in [1.807, 2.05) is 18.2 Å². The molecule has 0 spiro atoms. The van der Waals surface area contributed by atoms with Crippen LogP contribution in [0.15, 0.2) is 46.7 Å². The number of aryl methyl sites for hydroxylation is 1. The second-order valence-electron chi connectivity index (χ2n) is 10.7. The molecule has 0 fully saturated rings. The zero-order valence-corrected chi connectivity index (χ0v) is 23.5. The second kappa shape index (κ2) is 16.5. The predicted molar refractivity (Wildman–Crippen MR) is 155 cm³/mol. The minimum atomic E-state index is -0.912. The van der Waals surface area contributed by atoms with Crippen molar-refractivity contribution in [3.63, 3.8) is 0 Å². The highest BCUT2D eigenvalue weighted by Gasteiger charge is 2.31. The van der Waals surface area contributed by atoms with Gasteiger partial charge >= 0.3 is 0 Å². The fraction of sp³-hybridized carbons (Fsp3) is 0.581. The van der Waals surface area contributed by atoms with Gasteiger partial charge in [0.25, 0.3) is 0 Å². The van der Waals surface area contributed by atoms with E-state index >= 15 is 0 Å². The standard InChI is InChI=1S/C31H47N3O5/c1-22(18-33-19-23(2)35)25-17-28(34-20-25)30(37)21-38-31-16-24(10-14-29(31)36)9-11-27-13-12-26(39-27)8-6-4-3-5-7-15-32/h10,12-14,16-17,20,22-23,26,30,33,35-37H,3-9,11,15,18-19,21,32H2,1-2H3/t22-,23-,26?,30-/m0/s1. The number of phenolic OH excluding ortho intramolecular Hbond substituents is 1. The number of aliphatic imine (C=N–C) groups is 1. The van der Waals surface area contributed by atoms with Gasteiger partial charge in [-0.25, -0.2) is 0 Å². The van der Waals surface area contributed by atoms with Crippen molar-refractivity contribution in [3.8, 4) is 11.5 Å². The SMILES string of the molecule is C[C@H](O)CNC[C@H](C)C1=C[C+]([C@@H](O)COc2cc(CCC3=C[CH-]C(CCCCCCCN)O3)ccc2O)N=C1. The Hall–Kier alpha value is -2.65. The maximum Gasteiger partial charge on any atom is 0.181 e. The van der Waals surface area contributed by atoms with E-state index in [0.29, 0.717) is 24.9 Å². The summed E-state index contributed by atoms with van der Waals surface area (Å²) < 4.78 is 11.9. The molecule has 8 nitrogen and oxygen atoms in total. The molecule has 0 aromatic heterocycles. The van der Waals surface area contributed by atoms with Crippen LogP contribution in [-0.4, -0.2) is 66.1 Å². The Morgan fingerprint density at radius 1 is 1.13 bits per heavy atom. The van der Waals surface area contributed by atoms with E-state index < -0.39 is 12.2 Å². The third-order valence-corrected chi connectivity index (χ3v) is 7.05. The quantitative estimate of drug-likeness (QED) is 0.132. The number of nitrogens with zero attached hydrogens (tertiary/aromatic N) is 1. The van der Waals surface area contributed by atoms with Crippen molar-refractivity contribution in [1.82, 2.24) is 5.32 Å². The molecule has 2 heterocycles. The van der Waals surface area contributed by atoms with E-state index in [0.717, 1.165) is 49.1 Å². The second-order valence-corrected chi connectivity index (χ2v) is 10.7. The number of ether oxygens (including phenoxy) is 2. The van der Waals surface area contributed by atoms with Gasteiger partial charge in [-0.1, -0.05) is 43.9 Å². The lowest BCUT2D eigenvalue weighted by Gasteiger charge is -2.21. The molecule has 216 valence electrons. The molecule has 6 N–H and O–H groups in total. The summed E-state index contributed by atoms with van der Waals surface area (Å²) in [5.41, 5.74) is 7.59. The first kappa shape index (κ1) is 30.9. The van der Waals surface area contributed by atoms with Crippen LogP contribution in [0.5, 0.6) is 11.5 Å². The van der Waals surface area contributed by atoms with Gasteiger partial charge < -0.3 is 35.8 Å². The molecular formula is C31H47N3O5. The van der Waals surface area contributed by atoms with Crippen molar-refractivity contribution in [1.29, 1.82) is 0 Å². The number of nitrogens with two attached hydrogens (primary N) is 1. The van der Waals surface area contributed by atoms with Gasteiger partial charge in [0.2, 0.25) is 0 Å². The Morgan fingerprint density at radius 3 is 2.72 bits per heavy atom. The van der Waals surface area contributed by atoms with E-state index in [4.69, 9.17) is 15.2 Å².